The van der Waals surface area contributed by atoms with Gasteiger partial charge in [0.05, 0.1) is 12.0 Å². The molecule has 98 valence electrons. The Morgan fingerprint density at radius 2 is 2.18 bits per heavy atom. The van der Waals surface area contributed by atoms with Crippen LogP contribution in [0.5, 0.6) is 0 Å². The molecule has 5 heteroatoms. The number of carbonyl (C=O) groups excluding carboxylic acids is 1. The molecule has 3 N–H and O–H groups in total. The molecule has 1 rings (SSSR count). The van der Waals surface area contributed by atoms with Gasteiger partial charge >= 0.3 is 5.97 Å². The third-order valence-electron chi connectivity index (χ3n) is 3.62. The number of rotatable bonds is 4. The summed E-state index contributed by atoms with van der Waals surface area (Å²) >= 11 is 0. The summed E-state index contributed by atoms with van der Waals surface area (Å²) in [5, 5.41) is 8.96. The molecule has 1 aliphatic heterocycles. The third-order valence-corrected chi connectivity index (χ3v) is 3.62. The van der Waals surface area contributed by atoms with Crippen LogP contribution in [-0.2, 0) is 9.59 Å². The van der Waals surface area contributed by atoms with Gasteiger partial charge in [-0.3, -0.25) is 9.59 Å². The van der Waals surface area contributed by atoms with Crippen molar-refractivity contribution in [1.29, 1.82) is 0 Å². The Kier molecular flexibility index (Phi) is 4.93. The van der Waals surface area contributed by atoms with Crippen molar-refractivity contribution in [3.8, 4) is 0 Å². The summed E-state index contributed by atoms with van der Waals surface area (Å²) in [5.41, 5.74) is 5.89. The molecule has 0 aromatic heterocycles. The van der Waals surface area contributed by atoms with Crippen LogP contribution in [-0.4, -0.2) is 41.0 Å². The molecular formula is C12H22N2O3. The number of amides is 1. The normalized spacial score (nSPS) is 24.2. The lowest BCUT2D eigenvalue weighted by atomic mass is 9.94. The summed E-state index contributed by atoms with van der Waals surface area (Å²) in [4.78, 5) is 24.6. The average molecular weight is 242 g/mol. The number of hydrogen-bond donors (Lipinski definition) is 2. The Morgan fingerprint density at radius 1 is 1.53 bits per heavy atom. The lowest BCUT2D eigenvalue weighted by Gasteiger charge is -2.33. The molecule has 0 spiro atoms. The Morgan fingerprint density at radius 3 is 2.71 bits per heavy atom. The van der Waals surface area contributed by atoms with E-state index in [1.165, 1.54) is 0 Å². The first-order valence-electron chi connectivity index (χ1n) is 6.24. The molecule has 0 aromatic rings. The van der Waals surface area contributed by atoms with Crippen molar-refractivity contribution in [2.24, 2.45) is 17.6 Å². The largest absolute Gasteiger partial charge is 0.481 e. The van der Waals surface area contributed by atoms with Crippen molar-refractivity contribution in [2.75, 3.05) is 13.1 Å². The van der Waals surface area contributed by atoms with Gasteiger partial charge in [-0.25, -0.2) is 0 Å². The number of aliphatic carboxylic acids is 1. The zero-order valence-corrected chi connectivity index (χ0v) is 10.6. The molecule has 0 radical (unpaired) electrons. The van der Waals surface area contributed by atoms with Crippen LogP contribution in [0.2, 0.25) is 0 Å². The topological polar surface area (TPSA) is 83.6 Å². The molecule has 17 heavy (non-hydrogen) atoms. The van der Waals surface area contributed by atoms with E-state index in [2.05, 4.69) is 0 Å². The highest BCUT2D eigenvalue weighted by atomic mass is 16.4. The van der Waals surface area contributed by atoms with Crippen molar-refractivity contribution in [3.05, 3.63) is 0 Å². The Labute approximate surface area is 102 Å². The maximum Gasteiger partial charge on any atom is 0.308 e. The van der Waals surface area contributed by atoms with Gasteiger partial charge < -0.3 is 15.7 Å². The van der Waals surface area contributed by atoms with Crippen LogP contribution in [0.25, 0.3) is 0 Å². The van der Waals surface area contributed by atoms with Crippen LogP contribution in [0, 0.1) is 11.8 Å². The first-order valence-corrected chi connectivity index (χ1v) is 6.24. The van der Waals surface area contributed by atoms with Crippen LogP contribution in [0.3, 0.4) is 0 Å². The molecule has 3 unspecified atom stereocenters. The van der Waals surface area contributed by atoms with Gasteiger partial charge in [0.2, 0.25) is 5.91 Å². The number of nitrogens with two attached hydrogens (primary N) is 1. The van der Waals surface area contributed by atoms with Gasteiger partial charge in [0, 0.05) is 13.1 Å². The fraction of sp³-hybridized carbons (Fsp3) is 0.833. The number of carbonyl (C=O) groups is 2. The summed E-state index contributed by atoms with van der Waals surface area (Å²) in [5.74, 6) is -1.23. The predicted molar refractivity (Wildman–Crippen MR) is 64.4 cm³/mol. The Balaban J connectivity index is 2.60. The summed E-state index contributed by atoms with van der Waals surface area (Å²) in [6.07, 6.45) is 2.25. The van der Waals surface area contributed by atoms with E-state index in [1.54, 1.807) is 4.90 Å². The number of piperidine rings is 1. The summed E-state index contributed by atoms with van der Waals surface area (Å²) in [6.45, 7) is 4.88. The lowest BCUT2D eigenvalue weighted by Crippen LogP contribution is -2.51. The van der Waals surface area contributed by atoms with Gasteiger partial charge in [-0.15, -0.1) is 0 Å². The zero-order chi connectivity index (χ0) is 13.0. The molecule has 5 nitrogen and oxygen atoms in total. The van der Waals surface area contributed by atoms with Gasteiger partial charge in [0.25, 0.3) is 0 Å². The smallest absolute Gasteiger partial charge is 0.308 e. The highest BCUT2D eigenvalue weighted by molar-refractivity contribution is 5.82. The zero-order valence-electron chi connectivity index (χ0n) is 10.6. The van der Waals surface area contributed by atoms with E-state index >= 15 is 0 Å². The summed E-state index contributed by atoms with van der Waals surface area (Å²) in [7, 11) is 0. The molecule has 1 amide bonds. The maximum absolute atomic E-state index is 12.1. The van der Waals surface area contributed by atoms with Gasteiger partial charge in [-0.1, -0.05) is 20.3 Å². The van der Waals surface area contributed by atoms with E-state index in [9.17, 15) is 9.59 Å². The molecular weight excluding hydrogens is 220 g/mol. The highest BCUT2D eigenvalue weighted by Gasteiger charge is 2.31. The molecule has 1 saturated heterocycles. The van der Waals surface area contributed by atoms with Crippen LogP contribution in [0.1, 0.15) is 33.1 Å². The second-order valence-electron chi connectivity index (χ2n) is 4.87. The van der Waals surface area contributed by atoms with Crippen LogP contribution in [0.4, 0.5) is 0 Å². The molecule has 0 aromatic carbocycles. The van der Waals surface area contributed by atoms with Crippen molar-refractivity contribution in [2.45, 2.75) is 39.2 Å². The molecule has 0 aliphatic carbocycles. The van der Waals surface area contributed by atoms with E-state index in [1.807, 2.05) is 13.8 Å². The minimum absolute atomic E-state index is 0.106. The summed E-state index contributed by atoms with van der Waals surface area (Å²) in [6, 6.07) is -0.507. The minimum Gasteiger partial charge on any atom is -0.481 e. The molecule has 3 atom stereocenters. The molecule has 1 aliphatic rings. The number of carboxylic acid groups (broad SMARTS) is 1. The van der Waals surface area contributed by atoms with Crippen molar-refractivity contribution >= 4 is 11.9 Å². The van der Waals surface area contributed by atoms with Crippen molar-refractivity contribution < 1.29 is 14.7 Å². The lowest BCUT2D eigenvalue weighted by molar-refractivity contribution is -0.146. The van der Waals surface area contributed by atoms with Gasteiger partial charge in [-0.05, 0) is 18.8 Å². The number of carboxylic acids is 1. The van der Waals surface area contributed by atoms with Gasteiger partial charge in [0.15, 0.2) is 0 Å². The molecule has 0 bridgehead atoms. The van der Waals surface area contributed by atoms with Gasteiger partial charge in [0.1, 0.15) is 0 Å². The van der Waals surface area contributed by atoms with E-state index in [0.717, 1.165) is 12.8 Å². The van der Waals surface area contributed by atoms with Crippen LogP contribution < -0.4 is 5.73 Å². The molecule has 1 fully saturated rings. The monoisotopic (exact) mass is 242 g/mol. The van der Waals surface area contributed by atoms with E-state index in [-0.39, 0.29) is 11.8 Å². The second-order valence-corrected chi connectivity index (χ2v) is 4.87. The van der Waals surface area contributed by atoms with E-state index in [4.69, 9.17) is 10.8 Å². The fourth-order valence-corrected chi connectivity index (χ4v) is 2.09. The first-order chi connectivity index (χ1) is 7.97. The highest BCUT2D eigenvalue weighted by Crippen LogP contribution is 2.18. The standard InChI is InChI=1S/C12H22N2O3/c1-3-8(2)10(13)11(15)14-6-4-5-9(7-14)12(16)17/h8-10H,3-7,13H2,1-2H3,(H,16,17). The van der Waals surface area contributed by atoms with E-state index < -0.39 is 17.9 Å². The van der Waals surface area contributed by atoms with E-state index in [0.29, 0.717) is 19.5 Å². The Hall–Kier alpha value is -1.10. The average Bonchev–Trinajstić information content (AvgIpc) is 2.36. The second kappa shape index (κ2) is 6.00. The number of hydrogen-bond acceptors (Lipinski definition) is 3. The minimum atomic E-state index is -0.820. The van der Waals surface area contributed by atoms with Crippen LogP contribution in [0.15, 0.2) is 0 Å². The molecule has 1 heterocycles. The maximum atomic E-state index is 12.1. The van der Waals surface area contributed by atoms with Crippen LogP contribution >= 0.6 is 0 Å². The van der Waals surface area contributed by atoms with Crippen molar-refractivity contribution in [1.82, 2.24) is 4.90 Å². The third kappa shape index (κ3) is 3.43. The SMILES string of the molecule is CCC(C)C(N)C(=O)N1CCCC(C(=O)O)C1. The first kappa shape index (κ1) is 14.0. The van der Waals surface area contributed by atoms with Crippen molar-refractivity contribution in [3.63, 3.8) is 0 Å². The summed E-state index contributed by atoms with van der Waals surface area (Å²) < 4.78 is 0. The van der Waals surface area contributed by atoms with Gasteiger partial charge in [-0.2, -0.15) is 0 Å². The predicted octanol–water partition coefficient (Wildman–Crippen LogP) is 0.683. The molecule has 0 saturated carbocycles. The fourth-order valence-electron chi connectivity index (χ4n) is 2.09. The quantitative estimate of drug-likeness (QED) is 0.759. The number of likely N-dealkylation sites (tertiary alicyclic amines) is 1. The number of nitrogens with zero attached hydrogens (tertiary/aromatic N) is 1. The Bertz CT molecular complexity index is 293.